The van der Waals surface area contributed by atoms with E-state index in [1.165, 1.54) is 7.11 Å². The lowest BCUT2D eigenvalue weighted by molar-refractivity contribution is -0.150. The third-order valence-electron chi connectivity index (χ3n) is 3.36. The van der Waals surface area contributed by atoms with Crippen molar-refractivity contribution in [2.45, 2.75) is 38.7 Å². The maximum absolute atomic E-state index is 12.1. The number of aliphatic carboxylic acids is 1. The normalized spacial score (nSPS) is 20.6. The summed E-state index contributed by atoms with van der Waals surface area (Å²) in [7, 11) is 1.52. The first-order chi connectivity index (χ1) is 7.86. The Morgan fingerprint density at radius 1 is 1.47 bits per heavy atom. The van der Waals surface area contributed by atoms with E-state index in [0.717, 1.165) is 6.42 Å². The number of methoxy groups -OCH3 is 1. The summed E-state index contributed by atoms with van der Waals surface area (Å²) < 4.78 is 5.16. The third-order valence-corrected chi connectivity index (χ3v) is 3.36. The Balaban J connectivity index is 2.45. The zero-order chi connectivity index (χ0) is 13.1. The van der Waals surface area contributed by atoms with Crippen LogP contribution in [0.1, 0.15) is 33.1 Å². The number of carbonyl (C=O) groups is 2. The molecule has 0 saturated carbocycles. The largest absolute Gasteiger partial charge is 0.481 e. The molecule has 1 aliphatic heterocycles. The maximum atomic E-state index is 12.1. The van der Waals surface area contributed by atoms with Crippen molar-refractivity contribution in [1.29, 1.82) is 0 Å². The van der Waals surface area contributed by atoms with Gasteiger partial charge in [0.2, 0.25) is 0 Å². The van der Waals surface area contributed by atoms with Gasteiger partial charge in [-0.15, -0.1) is 0 Å². The van der Waals surface area contributed by atoms with Gasteiger partial charge in [-0.25, -0.2) is 0 Å². The van der Waals surface area contributed by atoms with Crippen molar-refractivity contribution in [2.75, 3.05) is 20.2 Å². The second kappa shape index (κ2) is 5.49. The topological polar surface area (TPSA) is 66.8 Å². The molecule has 1 atom stereocenters. The van der Waals surface area contributed by atoms with Crippen molar-refractivity contribution in [2.24, 2.45) is 5.92 Å². The average molecular weight is 243 g/mol. The molecule has 17 heavy (non-hydrogen) atoms. The van der Waals surface area contributed by atoms with Gasteiger partial charge in [0.1, 0.15) is 5.60 Å². The Morgan fingerprint density at radius 2 is 2.12 bits per heavy atom. The number of carbonyl (C=O) groups excluding carboxylic acids is 1. The standard InChI is InChI=1S/C12H21NO4/c1-12(2,17-3)11(16)13-7-6-9(8-13)4-5-10(14)15/h9H,4-8H2,1-3H3,(H,14,15). The molecule has 0 bridgehead atoms. The fraction of sp³-hybridized carbons (Fsp3) is 0.833. The molecule has 1 amide bonds. The zero-order valence-electron chi connectivity index (χ0n) is 10.7. The summed E-state index contributed by atoms with van der Waals surface area (Å²) in [5, 5.41) is 8.62. The van der Waals surface area contributed by atoms with Crippen LogP contribution in [0.2, 0.25) is 0 Å². The molecule has 1 saturated heterocycles. The smallest absolute Gasteiger partial charge is 0.303 e. The highest BCUT2D eigenvalue weighted by Crippen LogP contribution is 2.24. The number of hydrogen-bond donors (Lipinski definition) is 1. The first-order valence-electron chi connectivity index (χ1n) is 5.93. The van der Waals surface area contributed by atoms with Gasteiger partial charge in [0.25, 0.3) is 5.91 Å². The molecular weight excluding hydrogens is 222 g/mol. The van der Waals surface area contributed by atoms with Crippen LogP contribution < -0.4 is 0 Å². The van der Waals surface area contributed by atoms with E-state index in [1.807, 2.05) is 0 Å². The Kier molecular flexibility index (Phi) is 4.51. The lowest BCUT2D eigenvalue weighted by atomic mass is 10.0. The van der Waals surface area contributed by atoms with Crippen LogP contribution in [-0.4, -0.2) is 47.7 Å². The first kappa shape index (κ1) is 14.0. The number of hydrogen-bond acceptors (Lipinski definition) is 3. The van der Waals surface area contributed by atoms with Gasteiger partial charge in [0, 0.05) is 26.6 Å². The van der Waals surface area contributed by atoms with Gasteiger partial charge in [-0.3, -0.25) is 9.59 Å². The summed E-state index contributed by atoms with van der Waals surface area (Å²) in [6.07, 6.45) is 1.71. The van der Waals surface area contributed by atoms with Gasteiger partial charge in [-0.1, -0.05) is 0 Å². The molecular formula is C12H21NO4. The summed E-state index contributed by atoms with van der Waals surface area (Å²) in [6.45, 7) is 4.86. The van der Waals surface area contributed by atoms with Crippen LogP contribution in [0, 0.1) is 5.92 Å². The average Bonchev–Trinajstić information content (AvgIpc) is 2.73. The minimum absolute atomic E-state index is 0.0159. The van der Waals surface area contributed by atoms with E-state index in [2.05, 4.69) is 0 Å². The molecule has 98 valence electrons. The van der Waals surface area contributed by atoms with Crippen LogP contribution in [0.5, 0.6) is 0 Å². The van der Waals surface area contributed by atoms with Crippen molar-refractivity contribution in [3.8, 4) is 0 Å². The second-order valence-corrected chi connectivity index (χ2v) is 5.05. The van der Waals surface area contributed by atoms with Crippen LogP contribution in [0.15, 0.2) is 0 Å². The third kappa shape index (κ3) is 3.70. The van der Waals surface area contributed by atoms with E-state index in [-0.39, 0.29) is 12.3 Å². The van der Waals surface area contributed by atoms with Crippen molar-refractivity contribution >= 4 is 11.9 Å². The van der Waals surface area contributed by atoms with Crippen LogP contribution in [0.25, 0.3) is 0 Å². The Morgan fingerprint density at radius 3 is 2.65 bits per heavy atom. The Labute approximate surface area is 102 Å². The number of likely N-dealkylation sites (tertiary alicyclic amines) is 1. The molecule has 0 radical (unpaired) electrons. The monoisotopic (exact) mass is 243 g/mol. The summed E-state index contributed by atoms with van der Waals surface area (Å²) >= 11 is 0. The van der Waals surface area contributed by atoms with Gasteiger partial charge >= 0.3 is 5.97 Å². The van der Waals surface area contributed by atoms with E-state index < -0.39 is 11.6 Å². The second-order valence-electron chi connectivity index (χ2n) is 5.05. The molecule has 5 heteroatoms. The first-order valence-corrected chi connectivity index (χ1v) is 5.93. The minimum Gasteiger partial charge on any atom is -0.481 e. The van der Waals surface area contributed by atoms with E-state index in [9.17, 15) is 9.59 Å². The van der Waals surface area contributed by atoms with Gasteiger partial charge in [-0.05, 0) is 32.6 Å². The Hall–Kier alpha value is -1.10. The predicted molar refractivity (Wildman–Crippen MR) is 62.6 cm³/mol. The van der Waals surface area contributed by atoms with Gasteiger partial charge in [0.05, 0.1) is 0 Å². The number of ether oxygens (including phenoxy) is 1. The Bertz CT molecular complexity index is 301. The number of nitrogens with zero attached hydrogens (tertiary/aromatic N) is 1. The van der Waals surface area contributed by atoms with Gasteiger partial charge < -0.3 is 14.7 Å². The number of rotatable bonds is 5. The summed E-state index contributed by atoms with van der Waals surface area (Å²) in [6, 6.07) is 0. The van der Waals surface area contributed by atoms with Crippen molar-refractivity contribution < 1.29 is 19.4 Å². The molecule has 1 unspecified atom stereocenters. The minimum atomic E-state index is -0.790. The molecule has 0 aromatic heterocycles. The molecule has 1 N–H and O–H groups in total. The van der Waals surface area contributed by atoms with Gasteiger partial charge in [-0.2, -0.15) is 0 Å². The lowest BCUT2D eigenvalue weighted by Gasteiger charge is -2.28. The summed E-state index contributed by atoms with van der Waals surface area (Å²) in [5.41, 5.74) is -0.790. The fourth-order valence-electron chi connectivity index (χ4n) is 2.05. The molecule has 5 nitrogen and oxygen atoms in total. The highest BCUT2D eigenvalue weighted by molar-refractivity contribution is 5.84. The molecule has 0 spiro atoms. The number of carboxylic acid groups (broad SMARTS) is 1. The van der Waals surface area contributed by atoms with E-state index in [0.29, 0.717) is 25.4 Å². The lowest BCUT2D eigenvalue weighted by Crippen LogP contribution is -2.45. The van der Waals surface area contributed by atoms with E-state index >= 15 is 0 Å². The van der Waals surface area contributed by atoms with Crippen LogP contribution in [-0.2, 0) is 14.3 Å². The molecule has 1 fully saturated rings. The number of carboxylic acids is 1. The molecule has 0 aromatic carbocycles. The molecule has 0 aromatic rings. The zero-order valence-corrected chi connectivity index (χ0v) is 10.7. The van der Waals surface area contributed by atoms with Crippen LogP contribution in [0.3, 0.4) is 0 Å². The molecule has 1 heterocycles. The van der Waals surface area contributed by atoms with Crippen LogP contribution in [0.4, 0.5) is 0 Å². The quantitative estimate of drug-likeness (QED) is 0.786. The van der Waals surface area contributed by atoms with E-state index in [1.54, 1.807) is 18.7 Å². The molecule has 0 aliphatic carbocycles. The molecule has 1 rings (SSSR count). The predicted octanol–water partition coefficient (Wildman–Crippen LogP) is 1.12. The number of amides is 1. The summed E-state index contributed by atoms with van der Waals surface area (Å²) in [4.78, 5) is 24.3. The van der Waals surface area contributed by atoms with Crippen molar-refractivity contribution in [3.63, 3.8) is 0 Å². The summed E-state index contributed by atoms with van der Waals surface area (Å²) in [5.74, 6) is -0.479. The van der Waals surface area contributed by atoms with E-state index in [4.69, 9.17) is 9.84 Å². The van der Waals surface area contributed by atoms with Gasteiger partial charge in [0.15, 0.2) is 0 Å². The van der Waals surface area contributed by atoms with Crippen molar-refractivity contribution in [1.82, 2.24) is 4.90 Å². The SMILES string of the molecule is COC(C)(C)C(=O)N1CCC(CCC(=O)O)C1. The van der Waals surface area contributed by atoms with Crippen molar-refractivity contribution in [3.05, 3.63) is 0 Å². The fourth-order valence-corrected chi connectivity index (χ4v) is 2.05. The highest BCUT2D eigenvalue weighted by Gasteiger charge is 2.35. The van der Waals surface area contributed by atoms with Crippen LogP contribution >= 0.6 is 0 Å². The maximum Gasteiger partial charge on any atom is 0.303 e. The highest BCUT2D eigenvalue weighted by atomic mass is 16.5. The molecule has 1 aliphatic rings.